The quantitative estimate of drug-likeness (QED) is 0.793. The molecule has 1 aromatic rings. The molecule has 0 radical (unpaired) electrons. The number of hydrogen-bond acceptors (Lipinski definition) is 4. The van der Waals surface area contributed by atoms with Crippen LogP contribution >= 0.6 is 27.3 Å². The Hall–Kier alpha value is 0.0300. The zero-order valence-electron chi connectivity index (χ0n) is 9.65. The van der Waals surface area contributed by atoms with Crippen LogP contribution in [0.1, 0.15) is 10.7 Å². The first-order valence-corrected chi connectivity index (χ1v) is 7.70. The Labute approximate surface area is 110 Å². The molecule has 0 spiro atoms. The van der Waals surface area contributed by atoms with Gasteiger partial charge in [-0.15, -0.1) is 11.3 Å². The van der Waals surface area contributed by atoms with Crippen LogP contribution in [0, 0.1) is 6.92 Å². The number of piperazine rings is 1. The van der Waals surface area contributed by atoms with E-state index in [0.717, 1.165) is 11.9 Å². The van der Waals surface area contributed by atoms with Gasteiger partial charge in [-0.25, -0.2) is 4.98 Å². The van der Waals surface area contributed by atoms with Gasteiger partial charge in [0, 0.05) is 50.0 Å². The van der Waals surface area contributed by atoms with Crippen molar-refractivity contribution in [2.45, 2.75) is 13.5 Å². The predicted molar refractivity (Wildman–Crippen MR) is 72.4 cm³/mol. The number of aromatic nitrogens is 1. The molecule has 5 heteroatoms. The van der Waals surface area contributed by atoms with E-state index in [2.05, 4.69) is 43.0 Å². The summed E-state index contributed by atoms with van der Waals surface area (Å²) in [7, 11) is 0. The highest BCUT2D eigenvalue weighted by Crippen LogP contribution is 2.12. The van der Waals surface area contributed by atoms with Crippen molar-refractivity contribution in [1.82, 2.24) is 14.8 Å². The van der Waals surface area contributed by atoms with Crippen molar-refractivity contribution >= 4 is 27.3 Å². The van der Waals surface area contributed by atoms with E-state index in [9.17, 15) is 0 Å². The van der Waals surface area contributed by atoms with Gasteiger partial charge in [0.25, 0.3) is 0 Å². The topological polar surface area (TPSA) is 19.4 Å². The molecule has 1 saturated heterocycles. The minimum Gasteiger partial charge on any atom is -0.300 e. The lowest BCUT2D eigenvalue weighted by molar-refractivity contribution is 0.132. The van der Waals surface area contributed by atoms with E-state index in [1.54, 1.807) is 11.3 Å². The van der Waals surface area contributed by atoms with Crippen molar-refractivity contribution in [1.29, 1.82) is 0 Å². The molecule has 0 saturated carbocycles. The fraction of sp³-hybridized carbons (Fsp3) is 0.727. The van der Waals surface area contributed by atoms with Gasteiger partial charge in [-0.3, -0.25) is 9.80 Å². The maximum absolute atomic E-state index is 4.52. The van der Waals surface area contributed by atoms with Gasteiger partial charge in [0.05, 0.1) is 10.7 Å². The van der Waals surface area contributed by atoms with E-state index in [0.29, 0.717) is 0 Å². The average Bonchev–Trinajstić information content (AvgIpc) is 2.67. The average molecular weight is 304 g/mol. The van der Waals surface area contributed by atoms with Gasteiger partial charge in [0.1, 0.15) is 0 Å². The first kappa shape index (κ1) is 12.5. The molecule has 1 fully saturated rings. The Bertz CT molecular complexity index is 321. The Morgan fingerprint density at radius 1 is 1.31 bits per heavy atom. The summed E-state index contributed by atoms with van der Waals surface area (Å²) in [5, 5.41) is 4.44. The SMILES string of the molecule is Cc1nc(CN2CCN(CCBr)CC2)cs1. The Morgan fingerprint density at radius 3 is 2.56 bits per heavy atom. The second-order valence-electron chi connectivity index (χ2n) is 4.16. The van der Waals surface area contributed by atoms with Gasteiger partial charge in [-0.2, -0.15) is 0 Å². The van der Waals surface area contributed by atoms with Crippen LogP contribution in [0.4, 0.5) is 0 Å². The molecule has 0 unspecified atom stereocenters. The van der Waals surface area contributed by atoms with Crippen LogP contribution in [0.25, 0.3) is 0 Å². The molecule has 2 heterocycles. The fourth-order valence-corrected chi connectivity index (χ4v) is 3.11. The summed E-state index contributed by atoms with van der Waals surface area (Å²) in [6.07, 6.45) is 0. The van der Waals surface area contributed by atoms with Crippen molar-refractivity contribution in [3.63, 3.8) is 0 Å². The lowest BCUT2D eigenvalue weighted by atomic mass is 10.3. The molecule has 2 rings (SSSR count). The maximum Gasteiger partial charge on any atom is 0.0897 e. The van der Waals surface area contributed by atoms with Crippen LogP contribution in [0.3, 0.4) is 0 Å². The molecule has 1 aliphatic rings. The summed E-state index contributed by atoms with van der Waals surface area (Å²) in [6, 6.07) is 0. The van der Waals surface area contributed by atoms with Crippen molar-refractivity contribution in [3.05, 3.63) is 16.1 Å². The highest BCUT2D eigenvalue weighted by Gasteiger charge is 2.16. The van der Waals surface area contributed by atoms with Crippen LogP contribution in [0.5, 0.6) is 0 Å². The van der Waals surface area contributed by atoms with Gasteiger partial charge in [0.2, 0.25) is 0 Å². The van der Waals surface area contributed by atoms with Crippen LogP contribution in [0.2, 0.25) is 0 Å². The number of alkyl halides is 1. The smallest absolute Gasteiger partial charge is 0.0897 e. The second-order valence-corrected chi connectivity index (χ2v) is 6.02. The summed E-state index contributed by atoms with van der Waals surface area (Å²) in [4.78, 5) is 9.53. The van der Waals surface area contributed by atoms with E-state index >= 15 is 0 Å². The number of nitrogens with zero attached hydrogens (tertiary/aromatic N) is 3. The van der Waals surface area contributed by atoms with Crippen molar-refractivity contribution < 1.29 is 0 Å². The summed E-state index contributed by atoms with van der Waals surface area (Å²) in [5.41, 5.74) is 1.23. The van der Waals surface area contributed by atoms with Gasteiger partial charge in [-0.05, 0) is 6.92 Å². The monoisotopic (exact) mass is 303 g/mol. The molecule has 1 aromatic heterocycles. The molecule has 1 aliphatic heterocycles. The standard InChI is InChI=1S/C11H18BrN3S/c1-10-13-11(9-16-10)8-15-6-4-14(3-2-12)5-7-15/h9H,2-8H2,1H3. The lowest BCUT2D eigenvalue weighted by Gasteiger charge is -2.33. The van der Waals surface area contributed by atoms with E-state index in [1.165, 1.54) is 43.4 Å². The Morgan fingerprint density at radius 2 is 2.00 bits per heavy atom. The van der Waals surface area contributed by atoms with Gasteiger partial charge < -0.3 is 0 Å². The number of hydrogen-bond donors (Lipinski definition) is 0. The third-order valence-corrected chi connectivity index (χ3v) is 4.09. The molecule has 0 aliphatic carbocycles. The molecule has 3 nitrogen and oxygen atoms in total. The Balaban J connectivity index is 1.77. The van der Waals surface area contributed by atoms with Gasteiger partial charge in [-0.1, -0.05) is 15.9 Å². The molecule has 16 heavy (non-hydrogen) atoms. The molecule has 0 amide bonds. The van der Waals surface area contributed by atoms with Crippen LogP contribution in [-0.2, 0) is 6.54 Å². The minimum absolute atomic E-state index is 1.02. The third kappa shape index (κ3) is 3.52. The van der Waals surface area contributed by atoms with Crippen molar-refractivity contribution in [2.75, 3.05) is 38.1 Å². The molecule has 0 bridgehead atoms. The number of rotatable bonds is 4. The number of thiazole rings is 1. The molecular formula is C11H18BrN3S. The fourth-order valence-electron chi connectivity index (χ4n) is 2.00. The molecule has 0 aromatic carbocycles. The predicted octanol–water partition coefficient (Wildman–Crippen LogP) is 1.96. The zero-order chi connectivity index (χ0) is 11.4. The minimum atomic E-state index is 1.02. The van der Waals surface area contributed by atoms with Gasteiger partial charge in [0.15, 0.2) is 0 Å². The summed E-state index contributed by atoms with van der Waals surface area (Å²) in [6.45, 7) is 8.98. The highest BCUT2D eigenvalue weighted by molar-refractivity contribution is 9.09. The normalized spacial score (nSPS) is 19.1. The third-order valence-electron chi connectivity index (χ3n) is 2.92. The summed E-state index contributed by atoms with van der Waals surface area (Å²) < 4.78 is 0. The first-order valence-electron chi connectivity index (χ1n) is 5.69. The molecule has 0 atom stereocenters. The van der Waals surface area contributed by atoms with Crippen molar-refractivity contribution in [3.8, 4) is 0 Å². The number of halogens is 1. The van der Waals surface area contributed by atoms with E-state index in [4.69, 9.17) is 0 Å². The van der Waals surface area contributed by atoms with E-state index < -0.39 is 0 Å². The Kier molecular flexibility index (Phi) is 4.76. The van der Waals surface area contributed by atoms with Gasteiger partial charge >= 0.3 is 0 Å². The summed E-state index contributed by atoms with van der Waals surface area (Å²) in [5.74, 6) is 0. The van der Waals surface area contributed by atoms with Crippen molar-refractivity contribution in [2.24, 2.45) is 0 Å². The molecular weight excluding hydrogens is 286 g/mol. The lowest BCUT2D eigenvalue weighted by Crippen LogP contribution is -2.46. The molecule has 0 N–H and O–H groups in total. The first-order chi connectivity index (χ1) is 7.78. The second kappa shape index (κ2) is 6.10. The van der Waals surface area contributed by atoms with Crippen LogP contribution in [0.15, 0.2) is 5.38 Å². The largest absolute Gasteiger partial charge is 0.300 e. The maximum atomic E-state index is 4.52. The zero-order valence-corrected chi connectivity index (χ0v) is 12.1. The van der Waals surface area contributed by atoms with E-state index in [1.807, 2.05) is 0 Å². The highest BCUT2D eigenvalue weighted by atomic mass is 79.9. The summed E-state index contributed by atoms with van der Waals surface area (Å²) >= 11 is 5.24. The number of aryl methyl sites for hydroxylation is 1. The van der Waals surface area contributed by atoms with E-state index in [-0.39, 0.29) is 0 Å². The van der Waals surface area contributed by atoms with Crippen LogP contribution < -0.4 is 0 Å². The molecule has 90 valence electrons. The van der Waals surface area contributed by atoms with Crippen LogP contribution in [-0.4, -0.2) is 52.8 Å².